The molecule has 1 unspecified atom stereocenters. The molecule has 0 saturated heterocycles. The fourth-order valence-corrected chi connectivity index (χ4v) is 4.03. The number of hydrogen-bond donors (Lipinski definition) is 1. The van der Waals surface area contributed by atoms with Crippen LogP contribution in [0.25, 0.3) is 22.4 Å². The standard InChI is InChI=1S/C26H23N5O3/c1-17(26(33)29-24-11-9-20(15-27-24)18-6-4-3-5-7-18)31-22-10-8-19(21-12-13-28-30(21)2)14-23(22)34-16-25(31)32/h3-15,17H,16H2,1-2H3,(H,27,29,33). The van der Waals surface area contributed by atoms with E-state index in [9.17, 15) is 9.59 Å². The monoisotopic (exact) mass is 453 g/mol. The molecular formula is C26H23N5O3. The Balaban J connectivity index is 1.35. The lowest BCUT2D eigenvalue weighted by atomic mass is 10.1. The van der Waals surface area contributed by atoms with E-state index < -0.39 is 6.04 Å². The Morgan fingerprint density at radius 3 is 2.53 bits per heavy atom. The molecule has 5 rings (SSSR count). The lowest BCUT2D eigenvalue weighted by molar-refractivity contribution is -0.125. The number of hydrogen-bond acceptors (Lipinski definition) is 5. The van der Waals surface area contributed by atoms with Crippen molar-refractivity contribution in [1.29, 1.82) is 0 Å². The third kappa shape index (κ3) is 4.01. The molecule has 0 saturated carbocycles. The summed E-state index contributed by atoms with van der Waals surface area (Å²) in [5, 5.41) is 7.01. The van der Waals surface area contributed by atoms with Gasteiger partial charge in [-0.05, 0) is 42.8 Å². The average Bonchev–Trinajstić information content (AvgIpc) is 3.30. The first-order valence-corrected chi connectivity index (χ1v) is 10.9. The molecule has 34 heavy (non-hydrogen) atoms. The number of anilines is 2. The summed E-state index contributed by atoms with van der Waals surface area (Å²) in [6.07, 6.45) is 3.43. The summed E-state index contributed by atoms with van der Waals surface area (Å²) in [5.41, 5.74) is 4.38. The molecule has 4 aromatic rings. The van der Waals surface area contributed by atoms with Crippen LogP contribution in [0.1, 0.15) is 6.92 Å². The minimum atomic E-state index is -0.756. The first kappa shape index (κ1) is 21.4. The van der Waals surface area contributed by atoms with Gasteiger partial charge in [-0.2, -0.15) is 5.10 Å². The smallest absolute Gasteiger partial charge is 0.265 e. The quantitative estimate of drug-likeness (QED) is 0.495. The average molecular weight is 454 g/mol. The highest BCUT2D eigenvalue weighted by molar-refractivity contribution is 6.06. The van der Waals surface area contributed by atoms with Crippen LogP contribution in [0.15, 0.2) is 79.1 Å². The molecule has 0 radical (unpaired) electrons. The van der Waals surface area contributed by atoms with Gasteiger partial charge in [-0.1, -0.05) is 36.4 Å². The van der Waals surface area contributed by atoms with Crippen LogP contribution in [0, 0.1) is 0 Å². The Bertz CT molecular complexity index is 1350. The molecule has 0 fully saturated rings. The van der Waals surface area contributed by atoms with Crippen molar-refractivity contribution in [2.75, 3.05) is 16.8 Å². The van der Waals surface area contributed by atoms with E-state index in [2.05, 4.69) is 15.4 Å². The van der Waals surface area contributed by atoms with Crippen LogP contribution in [0.5, 0.6) is 5.75 Å². The second kappa shape index (κ2) is 8.82. The maximum atomic E-state index is 13.0. The van der Waals surface area contributed by atoms with Gasteiger partial charge in [-0.3, -0.25) is 19.2 Å². The highest BCUT2D eigenvalue weighted by Gasteiger charge is 2.33. The van der Waals surface area contributed by atoms with Crippen LogP contribution in [0.3, 0.4) is 0 Å². The van der Waals surface area contributed by atoms with E-state index in [-0.39, 0.29) is 18.4 Å². The number of aryl methyl sites for hydroxylation is 1. The van der Waals surface area contributed by atoms with Gasteiger partial charge in [-0.25, -0.2) is 4.98 Å². The third-order valence-electron chi connectivity index (χ3n) is 5.84. The van der Waals surface area contributed by atoms with Crippen LogP contribution in [0.4, 0.5) is 11.5 Å². The van der Waals surface area contributed by atoms with E-state index in [1.807, 2.05) is 61.6 Å². The molecule has 0 aliphatic carbocycles. The number of rotatable bonds is 5. The largest absolute Gasteiger partial charge is 0.482 e. The van der Waals surface area contributed by atoms with Crippen LogP contribution < -0.4 is 15.0 Å². The predicted octanol–water partition coefficient (Wildman–Crippen LogP) is 3.90. The summed E-state index contributed by atoms with van der Waals surface area (Å²) in [6.45, 7) is 1.55. The number of benzene rings is 2. The van der Waals surface area contributed by atoms with E-state index in [4.69, 9.17) is 4.74 Å². The Kier molecular flexibility index (Phi) is 5.55. The van der Waals surface area contributed by atoms with E-state index in [0.717, 1.165) is 22.4 Å². The topological polar surface area (TPSA) is 89.3 Å². The molecule has 0 bridgehead atoms. The second-order valence-corrected chi connectivity index (χ2v) is 8.04. The van der Waals surface area contributed by atoms with Gasteiger partial charge in [-0.15, -0.1) is 0 Å². The van der Waals surface area contributed by atoms with Crippen LogP contribution in [-0.2, 0) is 16.6 Å². The van der Waals surface area contributed by atoms with Crippen molar-refractivity contribution >= 4 is 23.3 Å². The van der Waals surface area contributed by atoms with Gasteiger partial charge in [0.1, 0.15) is 17.6 Å². The zero-order valence-corrected chi connectivity index (χ0v) is 18.8. The van der Waals surface area contributed by atoms with Gasteiger partial charge in [0.2, 0.25) is 5.91 Å². The first-order valence-electron chi connectivity index (χ1n) is 10.9. The summed E-state index contributed by atoms with van der Waals surface area (Å²) in [7, 11) is 1.86. The van der Waals surface area contributed by atoms with Crippen molar-refractivity contribution in [3.8, 4) is 28.1 Å². The molecule has 2 aromatic carbocycles. The van der Waals surface area contributed by atoms with E-state index in [1.165, 1.54) is 4.90 Å². The molecule has 1 aliphatic heterocycles. The van der Waals surface area contributed by atoms with Gasteiger partial charge in [0.05, 0.1) is 11.4 Å². The summed E-state index contributed by atoms with van der Waals surface area (Å²) >= 11 is 0. The van der Waals surface area contributed by atoms with E-state index in [0.29, 0.717) is 17.3 Å². The van der Waals surface area contributed by atoms with Crippen molar-refractivity contribution in [3.63, 3.8) is 0 Å². The number of nitrogens with one attached hydrogen (secondary N) is 1. The lowest BCUT2D eigenvalue weighted by Crippen LogP contribution is -2.49. The maximum Gasteiger partial charge on any atom is 0.265 e. The summed E-state index contributed by atoms with van der Waals surface area (Å²) in [4.78, 5) is 31.6. The summed E-state index contributed by atoms with van der Waals surface area (Å²) < 4.78 is 7.45. The minimum Gasteiger partial charge on any atom is -0.482 e. The van der Waals surface area contributed by atoms with Crippen molar-refractivity contribution in [1.82, 2.24) is 14.8 Å². The Hall–Kier alpha value is -4.46. The molecule has 8 heteroatoms. The van der Waals surface area contributed by atoms with Gasteiger partial charge in [0.15, 0.2) is 6.61 Å². The van der Waals surface area contributed by atoms with Gasteiger partial charge in [0, 0.05) is 30.6 Å². The Labute approximate surface area is 196 Å². The Morgan fingerprint density at radius 1 is 1.03 bits per heavy atom. The van der Waals surface area contributed by atoms with E-state index >= 15 is 0 Å². The predicted molar refractivity (Wildman–Crippen MR) is 129 cm³/mol. The number of ether oxygens (including phenoxy) is 1. The number of aromatic nitrogens is 3. The molecule has 3 heterocycles. The maximum absolute atomic E-state index is 13.0. The van der Waals surface area contributed by atoms with Crippen molar-refractivity contribution in [3.05, 3.63) is 79.1 Å². The van der Waals surface area contributed by atoms with Crippen molar-refractivity contribution < 1.29 is 14.3 Å². The SMILES string of the molecule is CC(C(=O)Nc1ccc(-c2ccccc2)cn1)N1C(=O)COc2cc(-c3ccnn3C)ccc21. The number of carbonyl (C=O) groups excluding carboxylic acids is 2. The van der Waals surface area contributed by atoms with E-state index in [1.54, 1.807) is 36.1 Å². The van der Waals surface area contributed by atoms with Crippen LogP contribution >= 0.6 is 0 Å². The molecule has 1 atom stereocenters. The first-order chi connectivity index (χ1) is 16.5. The zero-order chi connectivity index (χ0) is 23.7. The highest BCUT2D eigenvalue weighted by atomic mass is 16.5. The summed E-state index contributed by atoms with van der Waals surface area (Å²) in [6, 6.07) is 20.2. The Morgan fingerprint density at radius 2 is 1.82 bits per heavy atom. The number of nitrogens with zero attached hydrogens (tertiary/aromatic N) is 4. The van der Waals surface area contributed by atoms with Gasteiger partial charge < -0.3 is 10.1 Å². The van der Waals surface area contributed by atoms with Crippen LogP contribution in [-0.4, -0.2) is 39.2 Å². The molecular weight excluding hydrogens is 430 g/mol. The van der Waals surface area contributed by atoms with Crippen molar-refractivity contribution in [2.45, 2.75) is 13.0 Å². The molecule has 2 amide bonds. The number of pyridine rings is 1. The second-order valence-electron chi connectivity index (χ2n) is 8.04. The van der Waals surface area contributed by atoms with Gasteiger partial charge >= 0.3 is 0 Å². The fraction of sp³-hybridized carbons (Fsp3) is 0.154. The fourth-order valence-electron chi connectivity index (χ4n) is 4.03. The zero-order valence-electron chi connectivity index (χ0n) is 18.8. The van der Waals surface area contributed by atoms with Gasteiger partial charge in [0.25, 0.3) is 5.91 Å². The number of carbonyl (C=O) groups is 2. The van der Waals surface area contributed by atoms with Crippen molar-refractivity contribution in [2.24, 2.45) is 7.05 Å². The van der Waals surface area contributed by atoms with Crippen LogP contribution in [0.2, 0.25) is 0 Å². The third-order valence-corrected chi connectivity index (χ3v) is 5.84. The molecule has 1 aliphatic rings. The number of amides is 2. The molecule has 8 nitrogen and oxygen atoms in total. The number of fused-ring (bicyclic) bond motifs is 1. The normalized spacial score (nSPS) is 13.7. The molecule has 0 spiro atoms. The minimum absolute atomic E-state index is 0.135. The molecule has 1 N–H and O–H groups in total. The lowest BCUT2D eigenvalue weighted by Gasteiger charge is -2.33. The summed E-state index contributed by atoms with van der Waals surface area (Å²) in [5.74, 6) is 0.347. The molecule has 2 aromatic heterocycles. The highest BCUT2D eigenvalue weighted by Crippen LogP contribution is 2.37. The molecule has 170 valence electrons.